The lowest BCUT2D eigenvalue weighted by atomic mass is 10.2. The van der Waals surface area contributed by atoms with Gasteiger partial charge in [-0.25, -0.2) is 4.68 Å². The van der Waals surface area contributed by atoms with Crippen molar-refractivity contribution in [2.45, 2.75) is 10.9 Å². The van der Waals surface area contributed by atoms with E-state index in [0.717, 1.165) is 5.75 Å². The highest BCUT2D eigenvalue weighted by molar-refractivity contribution is 7.98. The predicted molar refractivity (Wildman–Crippen MR) is 78.0 cm³/mol. The molecule has 0 aliphatic carbocycles. The van der Waals surface area contributed by atoms with Crippen LogP contribution in [0, 0.1) is 0 Å². The second-order valence-corrected chi connectivity index (χ2v) is 5.19. The van der Waals surface area contributed by atoms with Crippen LogP contribution in [0.15, 0.2) is 53.9 Å². The van der Waals surface area contributed by atoms with Gasteiger partial charge in [0.25, 0.3) is 5.95 Å². The first-order valence-corrected chi connectivity index (χ1v) is 7.26. The number of hydrogen-bond acceptors (Lipinski definition) is 5. The van der Waals surface area contributed by atoms with Gasteiger partial charge in [0.2, 0.25) is 5.28 Å². The Morgan fingerprint density at radius 3 is 2.65 bits per heavy atom. The van der Waals surface area contributed by atoms with Gasteiger partial charge in [-0.05, 0) is 23.2 Å². The van der Waals surface area contributed by atoms with E-state index in [4.69, 9.17) is 11.6 Å². The molecule has 1 aromatic carbocycles. The summed E-state index contributed by atoms with van der Waals surface area (Å²) < 4.78 is 1.56. The van der Waals surface area contributed by atoms with Gasteiger partial charge in [-0.15, -0.1) is 0 Å². The number of rotatable bonds is 4. The molecule has 0 bridgehead atoms. The zero-order chi connectivity index (χ0) is 13.8. The highest BCUT2D eigenvalue weighted by atomic mass is 35.5. The van der Waals surface area contributed by atoms with Crippen LogP contribution in [0.2, 0.25) is 5.28 Å². The summed E-state index contributed by atoms with van der Waals surface area (Å²) in [5, 5.41) is 4.83. The summed E-state index contributed by atoms with van der Waals surface area (Å²) in [5.74, 6) is 1.20. The molecule has 0 saturated carbocycles. The third-order valence-electron chi connectivity index (χ3n) is 2.50. The summed E-state index contributed by atoms with van der Waals surface area (Å²) >= 11 is 7.44. The van der Waals surface area contributed by atoms with Crippen molar-refractivity contribution in [1.82, 2.24) is 24.7 Å². The molecule has 3 rings (SSSR count). The van der Waals surface area contributed by atoms with Gasteiger partial charge in [0, 0.05) is 18.1 Å². The highest BCUT2D eigenvalue weighted by Gasteiger charge is 2.07. The van der Waals surface area contributed by atoms with Crippen LogP contribution in [-0.2, 0) is 5.75 Å². The van der Waals surface area contributed by atoms with Crippen molar-refractivity contribution in [2.24, 2.45) is 0 Å². The molecule has 0 atom stereocenters. The second kappa shape index (κ2) is 6.02. The molecule has 0 fully saturated rings. The summed E-state index contributed by atoms with van der Waals surface area (Å²) in [4.78, 5) is 12.5. The summed E-state index contributed by atoms with van der Waals surface area (Å²) in [6.45, 7) is 0. The van der Waals surface area contributed by atoms with E-state index in [9.17, 15) is 0 Å². The van der Waals surface area contributed by atoms with E-state index < -0.39 is 0 Å². The minimum atomic E-state index is 0.168. The number of hydrogen-bond donors (Lipinski definition) is 0. The highest BCUT2D eigenvalue weighted by Crippen LogP contribution is 2.20. The summed E-state index contributed by atoms with van der Waals surface area (Å²) in [7, 11) is 0. The molecule has 7 heteroatoms. The topological polar surface area (TPSA) is 56.5 Å². The fourth-order valence-electron chi connectivity index (χ4n) is 1.60. The van der Waals surface area contributed by atoms with Gasteiger partial charge in [-0.3, -0.25) is 0 Å². The lowest BCUT2D eigenvalue weighted by molar-refractivity contribution is 0.758. The van der Waals surface area contributed by atoms with Gasteiger partial charge in [-0.2, -0.15) is 20.1 Å². The monoisotopic (exact) mass is 303 g/mol. The van der Waals surface area contributed by atoms with Crippen LogP contribution < -0.4 is 0 Å². The zero-order valence-electron chi connectivity index (χ0n) is 10.3. The first kappa shape index (κ1) is 13.1. The van der Waals surface area contributed by atoms with Crippen molar-refractivity contribution in [3.8, 4) is 5.95 Å². The van der Waals surface area contributed by atoms with Gasteiger partial charge >= 0.3 is 0 Å². The Morgan fingerprint density at radius 2 is 1.90 bits per heavy atom. The molecule has 0 amide bonds. The van der Waals surface area contributed by atoms with Gasteiger partial charge in [0.1, 0.15) is 0 Å². The normalized spacial score (nSPS) is 10.7. The van der Waals surface area contributed by atoms with E-state index >= 15 is 0 Å². The third kappa shape index (κ3) is 3.15. The Bertz CT molecular complexity index is 687. The van der Waals surface area contributed by atoms with Crippen LogP contribution in [0.4, 0.5) is 0 Å². The zero-order valence-corrected chi connectivity index (χ0v) is 11.9. The maximum atomic E-state index is 5.93. The summed E-state index contributed by atoms with van der Waals surface area (Å²) in [6, 6.07) is 11.9. The number of halogens is 1. The molecule has 3 aromatic rings. The van der Waals surface area contributed by atoms with Gasteiger partial charge in [0.15, 0.2) is 5.16 Å². The molecule has 0 spiro atoms. The molecule has 100 valence electrons. The van der Waals surface area contributed by atoms with Crippen LogP contribution in [0.5, 0.6) is 0 Å². The maximum absolute atomic E-state index is 5.93. The Hall–Kier alpha value is -1.92. The van der Waals surface area contributed by atoms with E-state index in [2.05, 4.69) is 32.2 Å². The Morgan fingerprint density at radius 1 is 1.05 bits per heavy atom. The average Bonchev–Trinajstić information content (AvgIpc) is 3.00. The summed E-state index contributed by atoms with van der Waals surface area (Å²) in [5.41, 5.74) is 1.20. The Kier molecular flexibility index (Phi) is 3.94. The minimum Gasteiger partial charge on any atom is -0.206 e. The molecule has 5 nitrogen and oxygen atoms in total. The largest absolute Gasteiger partial charge is 0.255 e. The lowest BCUT2D eigenvalue weighted by Crippen LogP contribution is -2.04. The summed E-state index contributed by atoms with van der Waals surface area (Å²) in [6.07, 6.45) is 3.42. The molecule has 0 N–H and O–H groups in total. The van der Waals surface area contributed by atoms with E-state index in [-0.39, 0.29) is 5.28 Å². The van der Waals surface area contributed by atoms with Crippen molar-refractivity contribution < 1.29 is 0 Å². The molecule has 0 saturated heterocycles. The van der Waals surface area contributed by atoms with Gasteiger partial charge in [-0.1, -0.05) is 42.1 Å². The van der Waals surface area contributed by atoms with Crippen LogP contribution in [-0.4, -0.2) is 24.7 Å². The average molecular weight is 304 g/mol. The molecule has 2 heterocycles. The molecular formula is C13H10ClN5S. The van der Waals surface area contributed by atoms with Crippen LogP contribution in [0.3, 0.4) is 0 Å². The van der Waals surface area contributed by atoms with E-state index in [1.807, 2.05) is 18.2 Å². The van der Waals surface area contributed by atoms with Crippen molar-refractivity contribution in [3.05, 3.63) is 59.6 Å². The van der Waals surface area contributed by atoms with Crippen molar-refractivity contribution in [2.75, 3.05) is 0 Å². The fourth-order valence-corrected chi connectivity index (χ4v) is 2.59. The van der Waals surface area contributed by atoms with Crippen molar-refractivity contribution in [1.29, 1.82) is 0 Å². The molecule has 0 aliphatic rings. The minimum absolute atomic E-state index is 0.168. The molecule has 20 heavy (non-hydrogen) atoms. The molecule has 2 aromatic heterocycles. The SMILES string of the molecule is Clc1nc(SCc2ccccc2)nc(-n2cccn2)n1. The van der Waals surface area contributed by atoms with Crippen LogP contribution in [0.1, 0.15) is 5.56 Å². The third-order valence-corrected chi connectivity index (χ3v) is 3.58. The molecule has 0 unspecified atom stereocenters. The van der Waals surface area contributed by atoms with Crippen molar-refractivity contribution in [3.63, 3.8) is 0 Å². The first-order chi connectivity index (χ1) is 9.81. The van der Waals surface area contributed by atoms with Crippen LogP contribution in [0.25, 0.3) is 5.95 Å². The quantitative estimate of drug-likeness (QED) is 0.694. The number of benzene rings is 1. The number of thioether (sulfide) groups is 1. The predicted octanol–water partition coefficient (Wildman–Crippen LogP) is 3.00. The molecule has 0 radical (unpaired) electrons. The maximum Gasteiger partial charge on any atom is 0.255 e. The van der Waals surface area contributed by atoms with E-state index in [1.54, 1.807) is 23.1 Å². The smallest absolute Gasteiger partial charge is 0.206 e. The number of aromatic nitrogens is 5. The Labute approximate surface area is 125 Å². The van der Waals surface area contributed by atoms with E-state index in [0.29, 0.717) is 11.1 Å². The van der Waals surface area contributed by atoms with Gasteiger partial charge < -0.3 is 0 Å². The first-order valence-electron chi connectivity index (χ1n) is 5.89. The van der Waals surface area contributed by atoms with Crippen LogP contribution >= 0.6 is 23.4 Å². The molecule has 0 aliphatic heterocycles. The van der Waals surface area contributed by atoms with E-state index in [1.165, 1.54) is 17.3 Å². The van der Waals surface area contributed by atoms with Gasteiger partial charge in [0.05, 0.1) is 0 Å². The standard InChI is InChI=1S/C13H10ClN5S/c14-11-16-12(19-8-4-7-15-19)18-13(17-11)20-9-10-5-2-1-3-6-10/h1-8H,9H2. The second-order valence-electron chi connectivity index (χ2n) is 3.91. The Balaban J connectivity index is 1.80. The fraction of sp³-hybridized carbons (Fsp3) is 0.0769. The molecular weight excluding hydrogens is 294 g/mol. The van der Waals surface area contributed by atoms with Crippen molar-refractivity contribution >= 4 is 23.4 Å². The lowest BCUT2D eigenvalue weighted by Gasteiger charge is -2.04. The number of nitrogens with zero attached hydrogens (tertiary/aromatic N) is 5.